The van der Waals surface area contributed by atoms with Gasteiger partial charge in [0.05, 0.1) is 17.1 Å². The van der Waals surface area contributed by atoms with E-state index < -0.39 is 0 Å². The third-order valence-corrected chi connectivity index (χ3v) is 16.2. The SMILES string of the molecule is Cc1nc2c3ccc(CCc4cc(CCc5ccc6c(c5)c(C)c(C)n5c(C)c(C)nc65)cc(-c5ccccc5-c5ccc(-c6cc(-c7ccc(-c8ccccc8)cc7)ccn6)cc5)c4)cc3c(C)c(C)n2c1C. The summed E-state index contributed by atoms with van der Waals surface area (Å²) in [6.45, 7) is 17.6. The first-order valence-corrected chi connectivity index (χ1v) is 26.2. The Labute approximate surface area is 434 Å². The summed E-state index contributed by atoms with van der Waals surface area (Å²) >= 11 is 0. The van der Waals surface area contributed by atoms with E-state index in [1.165, 1.54) is 117 Å². The Morgan fingerprint density at radius 1 is 0.324 bits per heavy atom. The smallest absolute Gasteiger partial charge is 0.145 e. The normalized spacial score (nSPS) is 11.7. The van der Waals surface area contributed by atoms with Crippen LogP contribution in [0.1, 0.15) is 67.5 Å². The van der Waals surface area contributed by atoms with Gasteiger partial charge in [0.1, 0.15) is 11.3 Å². The zero-order chi connectivity index (χ0) is 50.8. The lowest BCUT2D eigenvalue weighted by Gasteiger charge is -2.16. The number of hydrogen-bond donors (Lipinski definition) is 0. The quantitative estimate of drug-likeness (QED) is 0.130. The van der Waals surface area contributed by atoms with E-state index in [9.17, 15) is 0 Å². The molecule has 5 heterocycles. The van der Waals surface area contributed by atoms with Gasteiger partial charge < -0.3 is 8.80 Å². The predicted molar refractivity (Wildman–Crippen MR) is 310 cm³/mol. The number of benzene rings is 7. The van der Waals surface area contributed by atoms with Crippen molar-refractivity contribution in [3.8, 4) is 55.8 Å². The number of rotatable bonds is 11. The van der Waals surface area contributed by atoms with Crippen molar-refractivity contribution < 1.29 is 0 Å². The Hall–Kier alpha value is -8.41. The van der Waals surface area contributed by atoms with Crippen LogP contribution in [0.5, 0.6) is 0 Å². The van der Waals surface area contributed by atoms with Crippen molar-refractivity contribution in [3.05, 3.63) is 244 Å². The molecular weight excluding hydrogens is 899 g/mol. The second-order valence-electron chi connectivity index (χ2n) is 20.6. The van der Waals surface area contributed by atoms with Crippen molar-refractivity contribution in [1.29, 1.82) is 0 Å². The third kappa shape index (κ3) is 8.36. The topological polar surface area (TPSA) is 47.5 Å². The number of fused-ring (bicyclic) bond motifs is 6. The summed E-state index contributed by atoms with van der Waals surface area (Å²) in [7, 11) is 0. The average molecular weight is 960 g/mol. The maximum Gasteiger partial charge on any atom is 0.145 e. The summed E-state index contributed by atoms with van der Waals surface area (Å²) in [4.78, 5) is 14.9. The first-order valence-electron chi connectivity index (χ1n) is 26.2. The van der Waals surface area contributed by atoms with Gasteiger partial charge in [-0.15, -0.1) is 0 Å². The summed E-state index contributed by atoms with van der Waals surface area (Å²) < 4.78 is 4.66. The minimum absolute atomic E-state index is 0.932. The van der Waals surface area contributed by atoms with E-state index in [0.717, 1.165) is 65.2 Å². The Bertz CT molecular complexity index is 3970. The molecule has 5 heteroatoms. The summed E-state index contributed by atoms with van der Waals surface area (Å²) in [5.41, 5.74) is 29.0. The Morgan fingerprint density at radius 2 is 0.770 bits per heavy atom. The number of aryl methyl sites for hydroxylation is 12. The highest BCUT2D eigenvalue weighted by Crippen LogP contribution is 2.37. The largest absolute Gasteiger partial charge is 0.301 e. The molecule has 0 aliphatic carbocycles. The van der Waals surface area contributed by atoms with Crippen molar-refractivity contribution in [2.75, 3.05) is 0 Å². The molecule has 0 radical (unpaired) electrons. The fourth-order valence-corrected chi connectivity index (χ4v) is 11.5. The number of pyridine rings is 3. The van der Waals surface area contributed by atoms with E-state index in [2.05, 4.69) is 234 Å². The van der Waals surface area contributed by atoms with Crippen LogP contribution >= 0.6 is 0 Å². The Balaban J connectivity index is 0.865. The highest BCUT2D eigenvalue weighted by molar-refractivity contribution is 5.98. The maximum absolute atomic E-state index is 5.02. The van der Waals surface area contributed by atoms with Gasteiger partial charge in [-0.2, -0.15) is 0 Å². The van der Waals surface area contributed by atoms with Gasteiger partial charge in [-0.1, -0.05) is 158 Å². The molecule has 5 aromatic heterocycles. The van der Waals surface area contributed by atoms with Crippen LogP contribution in [0.2, 0.25) is 0 Å². The number of aromatic nitrogens is 5. The lowest BCUT2D eigenvalue weighted by molar-refractivity contribution is 0.932. The Kier molecular flexibility index (Phi) is 11.9. The van der Waals surface area contributed by atoms with Crippen LogP contribution in [0.4, 0.5) is 0 Å². The van der Waals surface area contributed by atoms with Gasteiger partial charge in [0.15, 0.2) is 0 Å². The van der Waals surface area contributed by atoms with Crippen LogP contribution in [0.25, 0.3) is 88.6 Å². The molecule has 74 heavy (non-hydrogen) atoms. The van der Waals surface area contributed by atoms with E-state index in [4.69, 9.17) is 15.0 Å². The molecule has 0 aliphatic rings. The highest BCUT2D eigenvalue weighted by atomic mass is 15.0. The molecule has 0 atom stereocenters. The lowest BCUT2D eigenvalue weighted by Crippen LogP contribution is -2.01. The molecule has 0 saturated heterocycles. The van der Waals surface area contributed by atoms with Crippen LogP contribution in [0.15, 0.2) is 176 Å². The van der Waals surface area contributed by atoms with Gasteiger partial charge in [0.2, 0.25) is 0 Å². The van der Waals surface area contributed by atoms with Gasteiger partial charge in [0.25, 0.3) is 0 Å². The first-order chi connectivity index (χ1) is 36.0. The Morgan fingerprint density at radius 3 is 1.31 bits per heavy atom. The molecule has 0 saturated carbocycles. The highest BCUT2D eigenvalue weighted by Gasteiger charge is 2.18. The molecule has 0 amide bonds. The van der Waals surface area contributed by atoms with Crippen LogP contribution < -0.4 is 0 Å². The van der Waals surface area contributed by atoms with Crippen molar-refractivity contribution >= 4 is 32.8 Å². The van der Waals surface area contributed by atoms with Crippen molar-refractivity contribution in [3.63, 3.8) is 0 Å². The molecule has 12 rings (SSSR count). The van der Waals surface area contributed by atoms with E-state index in [-0.39, 0.29) is 0 Å². The van der Waals surface area contributed by atoms with E-state index in [1.54, 1.807) is 0 Å². The average Bonchev–Trinajstić information content (AvgIpc) is 3.93. The third-order valence-electron chi connectivity index (χ3n) is 16.2. The van der Waals surface area contributed by atoms with E-state index in [0.29, 0.717) is 0 Å². The number of hydrogen-bond acceptors (Lipinski definition) is 3. The second kappa shape index (κ2) is 18.9. The maximum atomic E-state index is 5.02. The van der Waals surface area contributed by atoms with E-state index in [1.807, 2.05) is 6.20 Å². The van der Waals surface area contributed by atoms with Crippen molar-refractivity contribution in [2.45, 2.75) is 81.1 Å². The molecule has 12 aromatic rings. The molecule has 0 bridgehead atoms. The number of nitrogens with zero attached hydrogens (tertiary/aromatic N) is 5. The molecule has 0 fully saturated rings. The van der Waals surface area contributed by atoms with Crippen molar-refractivity contribution in [1.82, 2.24) is 23.8 Å². The van der Waals surface area contributed by atoms with Crippen LogP contribution in [0, 0.1) is 55.4 Å². The first kappa shape index (κ1) is 46.6. The molecule has 0 N–H and O–H groups in total. The zero-order valence-corrected chi connectivity index (χ0v) is 43.8. The fraction of sp³-hybridized carbons (Fsp3) is 0.174. The molecule has 0 spiro atoms. The van der Waals surface area contributed by atoms with Gasteiger partial charge in [0, 0.05) is 45.3 Å². The van der Waals surface area contributed by atoms with Crippen LogP contribution in [-0.2, 0) is 25.7 Å². The molecule has 0 aliphatic heterocycles. The molecule has 7 aromatic carbocycles. The lowest BCUT2D eigenvalue weighted by atomic mass is 9.89. The minimum atomic E-state index is 0.932. The molecule has 0 unspecified atom stereocenters. The summed E-state index contributed by atoms with van der Waals surface area (Å²) in [5, 5.41) is 5.03. The van der Waals surface area contributed by atoms with Gasteiger partial charge >= 0.3 is 0 Å². The monoisotopic (exact) mass is 959 g/mol. The standard InChI is InChI=1S/C69H61N5/c1-42-46(5)73-48(7)44(3)71-68(73)63-32-22-50(39-65(42)63)18-20-52-36-53(21-19-51-23-33-64-66(40-51)43(2)47(6)74-49(8)45(4)72-69(64)74)38-60(37-52)62-17-13-12-16-61(62)57-28-30-58(31-29-57)67-41-59(34-35-70-67)56-26-24-55(25-27-56)54-14-10-9-11-15-54/h9-17,22-41H,18-21H2,1-8H3. The van der Waals surface area contributed by atoms with Crippen molar-refractivity contribution in [2.24, 2.45) is 0 Å². The molecule has 362 valence electrons. The zero-order valence-electron chi connectivity index (χ0n) is 43.8. The van der Waals surface area contributed by atoms with Gasteiger partial charge in [-0.25, -0.2) is 9.97 Å². The van der Waals surface area contributed by atoms with Crippen LogP contribution in [0.3, 0.4) is 0 Å². The van der Waals surface area contributed by atoms with Crippen LogP contribution in [-0.4, -0.2) is 23.8 Å². The van der Waals surface area contributed by atoms with Gasteiger partial charge in [-0.05, 0) is 182 Å². The minimum Gasteiger partial charge on any atom is -0.301 e. The van der Waals surface area contributed by atoms with Gasteiger partial charge in [-0.3, -0.25) is 4.98 Å². The van der Waals surface area contributed by atoms with E-state index >= 15 is 0 Å². The second-order valence-corrected chi connectivity index (χ2v) is 20.6. The molecule has 5 nitrogen and oxygen atoms in total. The summed E-state index contributed by atoms with van der Waals surface area (Å²) in [6, 6.07) is 62.9. The number of imidazole rings is 2. The summed E-state index contributed by atoms with van der Waals surface area (Å²) in [6.07, 6.45) is 5.67. The predicted octanol–water partition coefficient (Wildman–Crippen LogP) is 17.1. The molecular formula is C69H61N5. The fourth-order valence-electron chi connectivity index (χ4n) is 11.5. The summed E-state index contributed by atoms with van der Waals surface area (Å²) in [5.74, 6) is 0.